The molecular weight excluding hydrogens is 234 g/mol. The van der Waals surface area contributed by atoms with E-state index >= 15 is 0 Å². The summed E-state index contributed by atoms with van der Waals surface area (Å²) in [4.78, 5) is 12.3. The maximum atomic E-state index is 12.3. The second-order valence-electron chi connectivity index (χ2n) is 5.01. The van der Waals surface area contributed by atoms with Crippen LogP contribution in [0.4, 0.5) is 0 Å². The summed E-state index contributed by atoms with van der Waals surface area (Å²) < 4.78 is 0. The van der Waals surface area contributed by atoms with Crippen molar-refractivity contribution in [2.75, 3.05) is 0 Å². The van der Waals surface area contributed by atoms with Gasteiger partial charge in [0, 0.05) is 11.1 Å². The van der Waals surface area contributed by atoms with E-state index in [0.717, 1.165) is 5.56 Å². The summed E-state index contributed by atoms with van der Waals surface area (Å²) in [5.41, 5.74) is 1.55. The third-order valence-electron chi connectivity index (χ3n) is 3.16. The monoisotopic (exact) mass is 249 g/mol. The molecule has 19 heavy (non-hydrogen) atoms. The molecule has 2 rings (SSSR count). The molecule has 2 heteroatoms. The molecule has 0 fully saturated rings. The van der Waals surface area contributed by atoms with Gasteiger partial charge in [-0.05, 0) is 25.5 Å². The molecule has 0 aromatic heterocycles. The van der Waals surface area contributed by atoms with Gasteiger partial charge in [0.05, 0.1) is 11.5 Å². The fraction of sp³-hybridized carbons (Fsp3) is 0.176. The number of nitriles is 1. The standard InChI is InChI=1S/C17H15NO/c1-17(2,12-18)15-10-6-9-14(11-15)16(19)13-7-4-3-5-8-13/h3-11H,1-2H3. The summed E-state index contributed by atoms with van der Waals surface area (Å²) in [7, 11) is 0. The molecule has 0 radical (unpaired) electrons. The zero-order valence-electron chi connectivity index (χ0n) is 11.1. The molecule has 0 saturated carbocycles. The molecule has 0 spiro atoms. The van der Waals surface area contributed by atoms with Gasteiger partial charge in [-0.25, -0.2) is 0 Å². The summed E-state index contributed by atoms with van der Waals surface area (Å²) in [6, 6.07) is 18.7. The molecule has 0 unspecified atom stereocenters. The molecular formula is C17H15NO. The Morgan fingerprint density at radius 1 is 1.00 bits per heavy atom. The number of hydrogen-bond donors (Lipinski definition) is 0. The first kappa shape index (κ1) is 13.0. The number of nitrogens with zero attached hydrogens (tertiary/aromatic N) is 1. The molecule has 2 aromatic rings. The molecule has 0 atom stereocenters. The molecule has 0 aliphatic heterocycles. The van der Waals surface area contributed by atoms with Gasteiger partial charge in [0.1, 0.15) is 0 Å². The first-order chi connectivity index (χ1) is 9.04. The molecule has 0 heterocycles. The van der Waals surface area contributed by atoms with Gasteiger partial charge >= 0.3 is 0 Å². The van der Waals surface area contributed by atoms with Crippen molar-refractivity contribution in [1.29, 1.82) is 5.26 Å². The quantitative estimate of drug-likeness (QED) is 0.778. The van der Waals surface area contributed by atoms with Crippen molar-refractivity contribution in [3.05, 3.63) is 71.3 Å². The van der Waals surface area contributed by atoms with Crippen LogP contribution in [-0.2, 0) is 5.41 Å². The topological polar surface area (TPSA) is 40.9 Å². The van der Waals surface area contributed by atoms with Crippen LogP contribution in [0.5, 0.6) is 0 Å². The molecule has 0 aliphatic carbocycles. The van der Waals surface area contributed by atoms with Gasteiger partial charge in [-0.2, -0.15) is 5.26 Å². The van der Waals surface area contributed by atoms with Gasteiger partial charge in [0.2, 0.25) is 0 Å². The summed E-state index contributed by atoms with van der Waals surface area (Å²) in [6.07, 6.45) is 0. The van der Waals surface area contributed by atoms with E-state index in [-0.39, 0.29) is 5.78 Å². The van der Waals surface area contributed by atoms with Crippen molar-refractivity contribution in [3.63, 3.8) is 0 Å². The van der Waals surface area contributed by atoms with Crippen LogP contribution in [0.25, 0.3) is 0 Å². The van der Waals surface area contributed by atoms with Crippen LogP contribution in [0.3, 0.4) is 0 Å². The Kier molecular flexibility index (Phi) is 3.48. The molecule has 0 aliphatic rings. The molecule has 0 N–H and O–H groups in total. The number of benzene rings is 2. The highest BCUT2D eigenvalue weighted by Crippen LogP contribution is 2.23. The van der Waals surface area contributed by atoms with E-state index < -0.39 is 5.41 Å². The van der Waals surface area contributed by atoms with Crippen LogP contribution in [0.1, 0.15) is 35.3 Å². The average Bonchev–Trinajstić information content (AvgIpc) is 2.47. The Bertz CT molecular complexity index is 636. The van der Waals surface area contributed by atoms with Gasteiger partial charge in [-0.3, -0.25) is 4.79 Å². The van der Waals surface area contributed by atoms with E-state index in [1.165, 1.54) is 0 Å². The minimum absolute atomic E-state index is 0.0174. The second-order valence-corrected chi connectivity index (χ2v) is 5.01. The lowest BCUT2D eigenvalue weighted by atomic mass is 9.85. The largest absolute Gasteiger partial charge is 0.289 e. The minimum Gasteiger partial charge on any atom is -0.289 e. The number of ketones is 1. The van der Waals surface area contributed by atoms with E-state index in [1.807, 2.05) is 44.2 Å². The third kappa shape index (κ3) is 2.71. The highest BCUT2D eigenvalue weighted by Gasteiger charge is 2.21. The van der Waals surface area contributed by atoms with Gasteiger partial charge in [0.25, 0.3) is 0 Å². The molecule has 0 saturated heterocycles. The Morgan fingerprint density at radius 3 is 2.26 bits per heavy atom. The molecule has 2 nitrogen and oxygen atoms in total. The summed E-state index contributed by atoms with van der Waals surface area (Å²) in [5.74, 6) is -0.0174. The second kappa shape index (κ2) is 5.07. The highest BCUT2D eigenvalue weighted by atomic mass is 16.1. The fourth-order valence-electron chi connectivity index (χ4n) is 1.87. The Labute approximate surface area is 113 Å². The van der Waals surface area contributed by atoms with Crippen LogP contribution in [0.15, 0.2) is 54.6 Å². The van der Waals surface area contributed by atoms with E-state index in [9.17, 15) is 4.79 Å². The van der Waals surface area contributed by atoms with Crippen molar-refractivity contribution < 1.29 is 4.79 Å². The lowest BCUT2D eigenvalue weighted by Crippen LogP contribution is -2.14. The van der Waals surface area contributed by atoms with Crippen LogP contribution >= 0.6 is 0 Å². The van der Waals surface area contributed by atoms with E-state index in [4.69, 9.17) is 5.26 Å². The van der Waals surface area contributed by atoms with Crippen LogP contribution < -0.4 is 0 Å². The lowest BCUT2D eigenvalue weighted by Gasteiger charge is -2.16. The van der Waals surface area contributed by atoms with Crippen molar-refractivity contribution >= 4 is 5.78 Å². The van der Waals surface area contributed by atoms with E-state index in [0.29, 0.717) is 11.1 Å². The van der Waals surface area contributed by atoms with Crippen LogP contribution in [-0.4, -0.2) is 5.78 Å². The minimum atomic E-state index is -0.590. The zero-order chi connectivity index (χ0) is 13.9. The number of rotatable bonds is 3. The number of carbonyl (C=O) groups excluding carboxylic acids is 1. The fourth-order valence-corrected chi connectivity index (χ4v) is 1.87. The third-order valence-corrected chi connectivity index (χ3v) is 3.16. The first-order valence-electron chi connectivity index (χ1n) is 6.16. The molecule has 94 valence electrons. The smallest absolute Gasteiger partial charge is 0.193 e. The molecule has 0 bridgehead atoms. The number of carbonyl (C=O) groups is 1. The van der Waals surface area contributed by atoms with Crippen molar-refractivity contribution in [2.45, 2.75) is 19.3 Å². The van der Waals surface area contributed by atoms with Crippen molar-refractivity contribution in [3.8, 4) is 6.07 Å². The lowest BCUT2D eigenvalue weighted by molar-refractivity contribution is 0.103. The maximum Gasteiger partial charge on any atom is 0.193 e. The zero-order valence-corrected chi connectivity index (χ0v) is 11.1. The van der Waals surface area contributed by atoms with Gasteiger partial charge < -0.3 is 0 Å². The highest BCUT2D eigenvalue weighted by molar-refractivity contribution is 6.09. The predicted molar refractivity (Wildman–Crippen MR) is 75.0 cm³/mol. The summed E-state index contributed by atoms with van der Waals surface area (Å²) in [6.45, 7) is 3.69. The Morgan fingerprint density at radius 2 is 1.63 bits per heavy atom. The summed E-state index contributed by atoms with van der Waals surface area (Å²) in [5, 5.41) is 9.16. The van der Waals surface area contributed by atoms with Crippen molar-refractivity contribution in [2.24, 2.45) is 0 Å². The Hall–Kier alpha value is -2.40. The maximum absolute atomic E-state index is 12.3. The SMILES string of the molecule is CC(C)(C#N)c1cccc(C(=O)c2ccccc2)c1. The number of hydrogen-bond acceptors (Lipinski definition) is 2. The van der Waals surface area contributed by atoms with Crippen LogP contribution in [0.2, 0.25) is 0 Å². The van der Waals surface area contributed by atoms with Gasteiger partial charge in [0.15, 0.2) is 5.78 Å². The molecule has 2 aromatic carbocycles. The predicted octanol–water partition coefficient (Wildman–Crippen LogP) is 3.72. The molecule has 0 amide bonds. The summed E-state index contributed by atoms with van der Waals surface area (Å²) >= 11 is 0. The van der Waals surface area contributed by atoms with E-state index in [1.54, 1.807) is 24.3 Å². The van der Waals surface area contributed by atoms with Crippen molar-refractivity contribution in [1.82, 2.24) is 0 Å². The van der Waals surface area contributed by atoms with Gasteiger partial charge in [-0.15, -0.1) is 0 Å². The first-order valence-corrected chi connectivity index (χ1v) is 6.16. The Balaban J connectivity index is 2.41. The van der Waals surface area contributed by atoms with Crippen LogP contribution in [0, 0.1) is 11.3 Å². The van der Waals surface area contributed by atoms with E-state index in [2.05, 4.69) is 6.07 Å². The van der Waals surface area contributed by atoms with Gasteiger partial charge in [-0.1, -0.05) is 48.5 Å². The normalized spacial score (nSPS) is 10.8. The average molecular weight is 249 g/mol.